The highest BCUT2D eigenvalue weighted by Crippen LogP contribution is 1.99. The van der Waals surface area contributed by atoms with Crippen molar-refractivity contribution < 1.29 is 4.74 Å². The predicted octanol–water partition coefficient (Wildman–Crippen LogP) is 0.685. The van der Waals surface area contributed by atoms with Crippen LogP contribution in [0, 0.1) is 6.92 Å². The van der Waals surface area contributed by atoms with Crippen molar-refractivity contribution in [3.05, 3.63) is 24.3 Å². The first-order chi connectivity index (χ1) is 11.7. The van der Waals surface area contributed by atoms with Crippen LogP contribution in [0.5, 0.6) is 0 Å². The molecule has 0 unspecified atom stereocenters. The van der Waals surface area contributed by atoms with Crippen molar-refractivity contribution in [3.8, 4) is 0 Å². The van der Waals surface area contributed by atoms with E-state index in [1.807, 2.05) is 24.6 Å². The summed E-state index contributed by atoms with van der Waals surface area (Å²) in [5, 5.41) is 14.8. The number of guanidine groups is 1. The average Bonchev–Trinajstić information content (AvgIpc) is 2.93. The third kappa shape index (κ3) is 7.70. The highest BCUT2D eigenvalue weighted by Gasteiger charge is 2.09. The van der Waals surface area contributed by atoms with E-state index >= 15 is 0 Å². The number of halogens is 1. The molecule has 0 spiro atoms. The molecular formula is C16H30IN7O. The second-order valence-electron chi connectivity index (χ2n) is 5.79. The summed E-state index contributed by atoms with van der Waals surface area (Å²) in [5.41, 5.74) is 0. The molecule has 1 fully saturated rings. The molecule has 0 saturated carbocycles. The van der Waals surface area contributed by atoms with Gasteiger partial charge in [-0.05, 0) is 19.9 Å². The maximum Gasteiger partial charge on any atom is 0.191 e. The number of ether oxygens (including phenoxy) is 1. The van der Waals surface area contributed by atoms with Crippen LogP contribution in [-0.2, 0) is 18.3 Å². The quantitative estimate of drug-likeness (QED) is 0.194. The van der Waals surface area contributed by atoms with E-state index in [-0.39, 0.29) is 24.0 Å². The number of morpholine rings is 1. The fraction of sp³-hybridized carbons (Fsp3) is 0.688. The van der Waals surface area contributed by atoms with Crippen LogP contribution < -0.4 is 10.6 Å². The molecule has 8 nitrogen and oxygen atoms in total. The molecule has 0 radical (unpaired) electrons. The van der Waals surface area contributed by atoms with Crippen LogP contribution in [0.3, 0.4) is 0 Å². The van der Waals surface area contributed by atoms with Gasteiger partial charge in [-0.3, -0.25) is 4.90 Å². The lowest BCUT2D eigenvalue weighted by molar-refractivity contribution is 0.0376. The van der Waals surface area contributed by atoms with Crippen LogP contribution in [0.1, 0.15) is 18.1 Å². The van der Waals surface area contributed by atoms with E-state index in [9.17, 15) is 0 Å². The molecule has 0 aromatic carbocycles. The van der Waals surface area contributed by atoms with Crippen molar-refractivity contribution in [3.63, 3.8) is 0 Å². The van der Waals surface area contributed by atoms with Crippen LogP contribution >= 0.6 is 24.0 Å². The zero-order valence-electron chi connectivity index (χ0n) is 15.2. The maximum absolute atomic E-state index is 5.37. The first-order valence-corrected chi connectivity index (χ1v) is 8.48. The van der Waals surface area contributed by atoms with Gasteiger partial charge < -0.3 is 19.9 Å². The van der Waals surface area contributed by atoms with Gasteiger partial charge in [0.15, 0.2) is 11.8 Å². The van der Waals surface area contributed by atoms with Crippen molar-refractivity contribution >= 4 is 29.9 Å². The molecule has 142 valence electrons. The van der Waals surface area contributed by atoms with E-state index in [1.54, 1.807) is 0 Å². The first-order valence-electron chi connectivity index (χ1n) is 8.48. The lowest BCUT2D eigenvalue weighted by atomic mass is 10.3. The molecule has 1 aliphatic heterocycles. The Morgan fingerprint density at radius 3 is 2.72 bits per heavy atom. The molecular weight excluding hydrogens is 433 g/mol. The molecule has 0 atom stereocenters. The van der Waals surface area contributed by atoms with E-state index in [4.69, 9.17) is 4.74 Å². The number of rotatable bonds is 8. The van der Waals surface area contributed by atoms with Crippen LogP contribution in [0.15, 0.2) is 17.6 Å². The minimum Gasteiger partial charge on any atom is -0.379 e. The van der Waals surface area contributed by atoms with E-state index in [2.05, 4.69) is 37.3 Å². The Labute approximate surface area is 167 Å². The summed E-state index contributed by atoms with van der Waals surface area (Å²) in [4.78, 5) is 7.01. The Balaban J connectivity index is 0.00000312. The minimum atomic E-state index is 0. The standard InChI is InChI=1S/C16H29N7O.HI/c1-4-6-17-16(19-13-15-21-20-14(2)22(15)3)18-7-5-8-23-9-11-24-12-10-23;/h4H,1,5-13H2,2-3H3,(H2,17,18,19);1H. The summed E-state index contributed by atoms with van der Waals surface area (Å²) in [6.45, 7) is 12.5. The Morgan fingerprint density at radius 1 is 1.32 bits per heavy atom. The SMILES string of the molecule is C=CCNC(=NCc1nnc(C)n1C)NCCCN1CCOCC1.I. The van der Waals surface area contributed by atoms with Gasteiger partial charge in [-0.15, -0.1) is 40.8 Å². The van der Waals surface area contributed by atoms with Gasteiger partial charge in [0.25, 0.3) is 0 Å². The zero-order valence-corrected chi connectivity index (χ0v) is 17.5. The van der Waals surface area contributed by atoms with Crippen LogP contribution in [0.2, 0.25) is 0 Å². The number of aryl methyl sites for hydroxylation is 1. The summed E-state index contributed by atoms with van der Waals surface area (Å²) >= 11 is 0. The topological polar surface area (TPSA) is 79.6 Å². The lowest BCUT2D eigenvalue weighted by Crippen LogP contribution is -2.40. The Kier molecular flexibility index (Phi) is 10.7. The van der Waals surface area contributed by atoms with Gasteiger partial charge in [0.1, 0.15) is 12.4 Å². The van der Waals surface area contributed by atoms with Crippen molar-refractivity contribution in [2.45, 2.75) is 19.9 Å². The summed E-state index contributed by atoms with van der Waals surface area (Å²) in [5.74, 6) is 2.51. The second-order valence-corrected chi connectivity index (χ2v) is 5.79. The van der Waals surface area contributed by atoms with Gasteiger partial charge in [-0.2, -0.15) is 0 Å². The number of hydrogen-bond donors (Lipinski definition) is 2. The highest BCUT2D eigenvalue weighted by atomic mass is 127. The fourth-order valence-corrected chi connectivity index (χ4v) is 2.42. The number of nitrogens with zero attached hydrogens (tertiary/aromatic N) is 5. The van der Waals surface area contributed by atoms with Gasteiger partial charge in [0.2, 0.25) is 0 Å². The highest BCUT2D eigenvalue weighted by molar-refractivity contribution is 14.0. The number of aromatic nitrogens is 3. The molecule has 1 aromatic heterocycles. The van der Waals surface area contributed by atoms with E-state index in [1.165, 1.54) is 0 Å². The molecule has 0 aliphatic carbocycles. The predicted molar refractivity (Wildman–Crippen MR) is 110 cm³/mol. The number of aliphatic imine (C=N–C) groups is 1. The Hall–Kier alpha value is -1.20. The van der Waals surface area contributed by atoms with Crippen molar-refractivity contribution in [1.29, 1.82) is 0 Å². The molecule has 2 N–H and O–H groups in total. The fourth-order valence-electron chi connectivity index (χ4n) is 2.42. The average molecular weight is 463 g/mol. The number of nitrogens with one attached hydrogen (secondary N) is 2. The molecule has 9 heteroatoms. The normalized spacial score (nSPS) is 15.5. The second kappa shape index (κ2) is 12.2. The van der Waals surface area contributed by atoms with E-state index < -0.39 is 0 Å². The van der Waals surface area contributed by atoms with E-state index in [0.29, 0.717) is 13.1 Å². The first kappa shape index (κ1) is 21.8. The largest absolute Gasteiger partial charge is 0.379 e. The van der Waals surface area contributed by atoms with Crippen molar-refractivity contribution in [1.82, 2.24) is 30.3 Å². The molecule has 2 heterocycles. The van der Waals surface area contributed by atoms with Gasteiger partial charge in [-0.1, -0.05) is 6.08 Å². The van der Waals surface area contributed by atoms with Crippen LogP contribution in [0.4, 0.5) is 0 Å². The maximum atomic E-state index is 5.37. The van der Waals surface area contributed by atoms with Gasteiger partial charge >= 0.3 is 0 Å². The molecule has 1 aliphatic rings. The van der Waals surface area contributed by atoms with Gasteiger partial charge in [0.05, 0.1) is 13.2 Å². The van der Waals surface area contributed by atoms with E-state index in [0.717, 1.165) is 63.4 Å². The number of hydrogen-bond acceptors (Lipinski definition) is 5. The van der Waals surface area contributed by atoms with Gasteiger partial charge in [-0.25, -0.2) is 4.99 Å². The summed E-state index contributed by atoms with van der Waals surface area (Å²) in [7, 11) is 1.95. The summed E-state index contributed by atoms with van der Waals surface area (Å²) in [6.07, 6.45) is 2.88. The van der Waals surface area contributed by atoms with Crippen molar-refractivity contribution in [2.75, 3.05) is 45.9 Å². The molecule has 0 amide bonds. The third-order valence-electron chi connectivity index (χ3n) is 4.02. The summed E-state index contributed by atoms with van der Waals surface area (Å²) in [6, 6.07) is 0. The van der Waals surface area contributed by atoms with Crippen LogP contribution in [-0.4, -0.2) is 71.6 Å². The van der Waals surface area contributed by atoms with Crippen molar-refractivity contribution in [2.24, 2.45) is 12.0 Å². The molecule has 1 saturated heterocycles. The smallest absolute Gasteiger partial charge is 0.191 e. The molecule has 2 rings (SSSR count). The minimum absolute atomic E-state index is 0. The lowest BCUT2D eigenvalue weighted by Gasteiger charge is -2.26. The molecule has 0 bridgehead atoms. The monoisotopic (exact) mass is 463 g/mol. The Bertz CT molecular complexity index is 541. The van der Waals surface area contributed by atoms with Crippen LogP contribution in [0.25, 0.3) is 0 Å². The molecule has 1 aromatic rings. The molecule has 25 heavy (non-hydrogen) atoms. The third-order valence-corrected chi connectivity index (χ3v) is 4.02. The van der Waals surface area contributed by atoms with Gasteiger partial charge in [0, 0.05) is 33.2 Å². The Morgan fingerprint density at radius 2 is 2.08 bits per heavy atom. The zero-order chi connectivity index (χ0) is 17.2. The summed E-state index contributed by atoms with van der Waals surface area (Å²) < 4.78 is 7.32.